The highest BCUT2D eigenvalue weighted by Crippen LogP contribution is 2.33. The monoisotopic (exact) mass is 325 g/mol. The second-order valence-electron chi connectivity index (χ2n) is 5.24. The van der Waals surface area contributed by atoms with Crippen molar-refractivity contribution in [2.45, 2.75) is 6.92 Å². The quantitative estimate of drug-likeness (QED) is 0.504. The first-order valence-electron chi connectivity index (χ1n) is 7.39. The summed E-state index contributed by atoms with van der Waals surface area (Å²) in [5.41, 5.74) is 0.816. The number of hydrogen-bond acceptors (Lipinski definition) is 5. The fourth-order valence-electron chi connectivity index (χ4n) is 2.61. The highest BCUT2D eigenvalue weighted by molar-refractivity contribution is 5.85. The van der Waals surface area contributed by atoms with Crippen LogP contribution in [0.4, 0.5) is 11.4 Å². The van der Waals surface area contributed by atoms with Crippen LogP contribution in [0.15, 0.2) is 47.3 Å². The Hall–Kier alpha value is -3.35. The van der Waals surface area contributed by atoms with Gasteiger partial charge in [0.25, 0.3) is 5.69 Å². The van der Waals surface area contributed by atoms with Crippen LogP contribution < -0.4 is 10.7 Å². The lowest BCUT2D eigenvalue weighted by Gasteiger charge is -2.09. The lowest BCUT2D eigenvalue weighted by Crippen LogP contribution is -2.05. The molecule has 3 N–H and O–H groups in total. The zero-order chi connectivity index (χ0) is 17.3. The van der Waals surface area contributed by atoms with E-state index in [1.54, 1.807) is 36.4 Å². The van der Waals surface area contributed by atoms with Crippen molar-refractivity contribution in [3.05, 3.63) is 62.8 Å². The smallest absolute Gasteiger partial charge is 0.292 e. The predicted molar refractivity (Wildman–Crippen MR) is 92.5 cm³/mol. The molecule has 7 heteroatoms. The fraction of sp³-hybridized carbons (Fsp3) is 0.118. The van der Waals surface area contributed by atoms with E-state index in [2.05, 4.69) is 10.3 Å². The number of H-pyrrole nitrogens is 1. The van der Waals surface area contributed by atoms with Gasteiger partial charge in [0.1, 0.15) is 5.69 Å². The number of hydrogen-bond donors (Lipinski definition) is 3. The van der Waals surface area contributed by atoms with Crippen LogP contribution in [0.2, 0.25) is 0 Å². The van der Waals surface area contributed by atoms with Gasteiger partial charge in [-0.1, -0.05) is 18.2 Å². The van der Waals surface area contributed by atoms with E-state index in [4.69, 9.17) is 0 Å². The number of aromatic amines is 1. The van der Waals surface area contributed by atoms with Gasteiger partial charge in [0.2, 0.25) is 5.43 Å². The van der Waals surface area contributed by atoms with Crippen molar-refractivity contribution in [3.63, 3.8) is 0 Å². The number of aromatic hydroxyl groups is 1. The van der Waals surface area contributed by atoms with Crippen molar-refractivity contribution in [1.82, 2.24) is 4.98 Å². The van der Waals surface area contributed by atoms with Crippen molar-refractivity contribution in [2.75, 3.05) is 11.9 Å². The van der Waals surface area contributed by atoms with E-state index in [0.29, 0.717) is 28.7 Å². The first-order valence-corrected chi connectivity index (χ1v) is 7.39. The standard InChI is InChI=1S/C17H15N3O4/c1-2-18-13-8-7-10(9-14(13)20(23)24)15-17(22)16(21)11-5-3-4-6-12(11)19-15/h3-9,18,22H,2H2,1H3,(H,19,21). The number of benzene rings is 2. The molecule has 0 spiro atoms. The van der Waals surface area contributed by atoms with Gasteiger partial charge in [-0.05, 0) is 25.1 Å². The molecule has 1 aromatic heterocycles. The molecule has 0 unspecified atom stereocenters. The van der Waals surface area contributed by atoms with Gasteiger partial charge >= 0.3 is 0 Å². The summed E-state index contributed by atoms with van der Waals surface area (Å²) in [7, 11) is 0. The first kappa shape index (κ1) is 15.5. The second-order valence-corrected chi connectivity index (χ2v) is 5.24. The van der Waals surface area contributed by atoms with Crippen molar-refractivity contribution in [2.24, 2.45) is 0 Å². The summed E-state index contributed by atoms with van der Waals surface area (Å²) in [5.74, 6) is -0.459. The largest absolute Gasteiger partial charge is 0.503 e. The maximum absolute atomic E-state index is 12.3. The van der Waals surface area contributed by atoms with Gasteiger partial charge in [0.15, 0.2) is 5.75 Å². The molecule has 0 radical (unpaired) electrons. The molecule has 1 heterocycles. The van der Waals surface area contributed by atoms with Crippen molar-refractivity contribution >= 4 is 22.3 Å². The number of nitrogens with zero attached hydrogens (tertiary/aromatic N) is 1. The molecule has 3 rings (SSSR count). The van der Waals surface area contributed by atoms with E-state index in [-0.39, 0.29) is 11.4 Å². The third-order valence-electron chi connectivity index (χ3n) is 3.73. The van der Waals surface area contributed by atoms with Crippen LogP contribution >= 0.6 is 0 Å². The molecule has 0 atom stereocenters. The van der Waals surface area contributed by atoms with E-state index in [1.807, 2.05) is 6.92 Å². The summed E-state index contributed by atoms with van der Waals surface area (Å²) < 4.78 is 0. The minimum Gasteiger partial charge on any atom is -0.503 e. The minimum atomic E-state index is -0.516. The van der Waals surface area contributed by atoms with Crippen molar-refractivity contribution in [3.8, 4) is 17.0 Å². The van der Waals surface area contributed by atoms with E-state index < -0.39 is 16.1 Å². The van der Waals surface area contributed by atoms with Gasteiger partial charge in [-0.3, -0.25) is 14.9 Å². The third-order valence-corrected chi connectivity index (χ3v) is 3.73. The van der Waals surface area contributed by atoms with Crippen LogP contribution in [-0.4, -0.2) is 21.6 Å². The fourth-order valence-corrected chi connectivity index (χ4v) is 2.61. The number of fused-ring (bicyclic) bond motifs is 1. The number of para-hydroxylation sites is 1. The van der Waals surface area contributed by atoms with E-state index in [0.717, 1.165) is 0 Å². The lowest BCUT2D eigenvalue weighted by atomic mass is 10.1. The Labute approximate surface area is 136 Å². The zero-order valence-corrected chi connectivity index (χ0v) is 12.9. The Bertz CT molecular complexity index is 995. The van der Waals surface area contributed by atoms with Crippen molar-refractivity contribution < 1.29 is 10.0 Å². The number of anilines is 1. The minimum absolute atomic E-state index is 0.122. The van der Waals surface area contributed by atoms with Crippen LogP contribution in [0.3, 0.4) is 0 Å². The Kier molecular flexibility index (Phi) is 3.91. The van der Waals surface area contributed by atoms with E-state index in [9.17, 15) is 20.0 Å². The average Bonchev–Trinajstić information content (AvgIpc) is 2.58. The van der Waals surface area contributed by atoms with Crippen LogP contribution in [0.5, 0.6) is 5.75 Å². The molecular formula is C17H15N3O4. The van der Waals surface area contributed by atoms with Gasteiger partial charge in [-0.15, -0.1) is 0 Å². The number of rotatable bonds is 4. The molecule has 7 nitrogen and oxygen atoms in total. The van der Waals surface area contributed by atoms with E-state index >= 15 is 0 Å². The Morgan fingerprint density at radius 2 is 2.00 bits per heavy atom. The molecule has 0 amide bonds. The molecule has 3 aromatic rings. The lowest BCUT2D eigenvalue weighted by molar-refractivity contribution is -0.383. The zero-order valence-electron chi connectivity index (χ0n) is 12.9. The summed E-state index contributed by atoms with van der Waals surface area (Å²) in [6.45, 7) is 2.38. The second kappa shape index (κ2) is 6.04. The maximum Gasteiger partial charge on any atom is 0.292 e. The summed E-state index contributed by atoms with van der Waals surface area (Å²) in [4.78, 5) is 26.0. The van der Waals surface area contributed by atoms with Gasteiger partial charge in [0.05, 0.1) is 10.6 Å². The Morgan fingerprint density at radius 1 is 1.25 bits per heavy atom. The molecule has 2 aromatic carbocycles. The SMILES string of the molecule is CCNc1ccc(-c2[nH]c3ccccc3c(=O)c2O)cc1[N+](=O)[O-]. The number of nitro groups is 1. The topological polar surface area (TPSA) is 108 Å². The Morgan fingerprint density at radius 3 is 2.71 bits per heavy atom. The molecule has 0 bridgehead atoms. The molecule has 0 saturated heterocycles. The molecule has 0 aliphatic heterocycles. The third kappa shape index (κ3) is 2.56. The van der Waals surface area contributed by atoms with Crippen molar-refractivity contribution in [1.29, 1.82) is 0 Å². The van der Waals surface area contributed by atoms with Crippen LogP contribution in [0.25, 0.3) is 22.2 Å². The predicted octanol–water partition coefficient (Wildman–Crippen LogP) is 3.24. The van der Waals surface area contributed by atoms with Gasteiger partial charge < -0.3 is 15.4 Å². The molecule has 0 saturated carbocycles. The number of nitro benzene ring substituents is 1. The molecule has 0 fully saturated rings. The highest BCUT2D eigenvalue weighted by Gasteiger charge is 2.18. The number of aromatic nitrogens is 1. The molecule has 24 heavy (non-hydrogen) atoms. The average molecular weight is 325 g/mol. The molecular weight excluding hydrogens is 310 g/mol. The maximum atomic E-state index is 12.3. The van der Waals surface area contributed by atoms with Gasteiger partial charge in [0, 0.05) is 29.1 Å². The molecule has 0 aliphatic rings. The first-order chi connectivity index (χ1) is 11.5. The Balaban J connectivity index is 2.24. The van der Waals surface area contributed by atoms with Gasteiger partial charge in [-0.25, -0.2) is 0 Å². The van der Waals surface area contributed by atoms with Crippen LogP contribution in [0, 0.1) is 10.1 Å². The normalized spacial score (nSPS) is 10.7. The van der Waals surface area contributed by atoms with Crippen LogP contribution in [0.1, 0.15) is 6.92 Å². The summed E-state index contributed by atoms with van der Waals surface area (Å²) in [6, 6.07) is 11.3. The summed E-state index contributed by atoms with van der Waals surface area (Å²) in [5, 5.41) is 24.8. The molecule has 122 valence electrons. The highest BCUT2D eigenvalue weighted by atomic mass is 16.6. The number of pyridine rings is 1. The molecule has 0 aliphatic carbocycles. The summed E-state index contributed by atoms with van der Waals surface area (Å²) >= 11 is 0. The van der Waals surface area contributed by atoms with Gasteiger partial charge in [-0.2, -0.15) is 0 Å². The van der Waals surface area contributed by atoms with E-state index in [1.165, 1.54) is 6.07 Å². The number of nitrogens with one attached hydrogen (secondary N) is 2. The van der Waals surface area contributed by atoms with Crippen LogP contribution in [-0.2, 0) is 0 Å². The summed E-state index contributed by atoms with van der Waals surface area (Å²) in [6.07, 6.45) is 0.